The van der Waals surface area contributed by atoms with Crippen molar-refractivity contribution in [1.29, 1.82) is 0 Å². The predicted octanol–water partition coefficient (Wildman–Crippen LogP) is 4.67. The number of benzene rings is 2. The summed E-state index contributed by atoms with van der Waals surface area (Å²) in [6.45, 7) is 7.26. The van der Waals surface area contributed by atoms with Gasteiger partial charge in [-0.3, -0.25) is 9.67 Å². The molecule has 0 saturated heterocycles. The van der Waals surface area contributed by atoms with Gasteiger partial charge in [-0.05, 0) is 68.1 Å². The summed E-state index contributed by atoms with van der Waals surface area (Å²) in [6.07, 6.45) is 0.879. The van der Waals surface area contributed by atoms with Crippen LogP contribution in [0.25, 0.3) is 0 Å². The lowest BCUT2D eigenvalue weighted by Gasteiger charge is -2.18. The minimum atomic E-state index is -0.255. The molecule has 33 heavy (non-hydrogen) atoms. The zero-order valence-electron chi connectivity index (χ0n) is 19.9. The molecule has 0 aliphatic rings. The number of guanidine groups is 1. The molecule has 2 aromatic carbocycles. The lowest BCUT2D eigenvalue weighted by atomic mass is 10.1. The first-order chi connectivity index (χ1) is 15.4. The van der Waals surface area contributed by atoms with Gasteiger partial charge in [0, 0.05) is 32.4 Å². The van der Waals surface area contributed by atoms with E-state index in [1.807, 2.05) is 49.0 Å². The normalized spacial score (nSPS) is 12.1. The smallest absolute Gasteiger partial charge is 0.191 e. The van der Waals surface area contributed by atoms with E-state index in [1.165, 1.54) is 23.4 Å². The van der Waals surface area contributed by atoms with Gasteiger partial charge in [-0.15, -0.1) is 24.0 Å². The van der Waals surface area contributed by atoms with Crippen molar-refractivity contribution in [2.24, 2.45) is 12.0 Å². The number of halogens is 2. The van der Waals surface area contributed by atoms with Gasteiger partial charge in [0.2, 0.25) is 0 Å². The molecule has 0 radical (unpaired) electrons. The third-order valence-corrected chi connectivity index (χ3v) is 5.45. The van der Waals surface area contributed by atoms with Crippen molar-refractivity contribution in [1.82, 2.24) is 20.4 Å². The number of hydrogen-bond acceptors (Lipinski definition) is 3. The molecule has 0 saturated carbocycles. The number of aromatic nitrogens is 2. The van der Waals surface area contributed by atoms with E-state index < -0.39 is 0 Å². The Morgan fingerprint density at radius 3 is 2.48 bits per heavy atom. The topological polar surface area (TPSA) is 63.5 Å². The van der Waals surface area contributed by atoms with E-state index in [1.54, 1.807) is 13.1 Å². The minimum Gasteiger partial charge on any atom is -0.489 e. The second kappa shape index (κ2) is 12.6. The van der Waals surface area contributed by atoms with Crippen molar-refractivity contribution in [3.63, 3.8) is 0 Å². The average molecular weight is 565 g/mol. The van der Waals surface area contributed by atoms with Crippen molar-refractivity contribution in [2.75, 3.05) is 7.05 Å². The summed E-state index contributed by atoms with van der Waals surface area (Å²) in [7, 11) is 3.74. The van der Waals surface area contributed by atoms with Gasteiger partial charge in [0.25, 0.3) is 0 Å². The van der Waals surface area contributed by atoms with E-state index in [0.717, 1.165) is 35.0 Å². The van der Waals surface area contributed by atoms with E-state index >= 15 is 0 Å². The Morgan fingerprint density at radius 2 is 1.88 bits per heavy atom. The van der Waals surface area contributed by atoms with Crippen molar-refractivity contribution in [3.8, 4) is 5.75 Å². The van der Waals surface area contributed by atoms with E-state index in [0.29, 0.717) is 13.2 Å². The van der Waals surface area contributed by atoms with Crippen LogP contribution >= 0.6 is 24.0 Å². The molecule has 2 N–H and O–H groups in total. The van der Waals surface area contributed by atoms with Crippen LogP contribution in [0.1, 0.15) is 35.0 Å². The monoisotopic (exact) mass is 565 g/mol. The number of nitrogens with one attached hydrogen (secondary N) is 2. The maximum atomic E-state index is 13.3. The molecular formula is C25H33FIN5O. The van der Waals surface area contributed by atoms with E-state index in [9.17, 15) is 4.39 Å². The Labute approximate surface area is 212 Å². The van der Waals surface area contributed by atoms with Gasteiger partial charge in [-0.2, -0.15) is 5.10 Å². The molecule has 0 spiro atoms. The molecule has 6 nitrogen and oxygen atoms in total. The highest BCUT2D eigenvalue weighted by molar-refractivity contribution is 14.0. The van der Waals surface area contributed by atoms with Crippen LogP contribution in [0.4, 0.5) is 4.39 Å². The van der Waals surface area contributed by atoms with E-state index in [2.05, 4.69) is 34.6 Å². The van der Waals surface area contributed by atoms with Crippen molar-refractivity contribution < 1.29 is 9.13 Å². The second-order valence-electron chi connectivity index (χ2n) is 8.01. The van der Waals surface area contributed by atoms with Crippen LogP contribution in [0.15, 0.2) is 53.5 Å². The van der Waals surface area contributed by atoms with Crippen LogP contribution < -0.4 is 15.4 Å². The summed E-state index contributed by atoms with van der Waals surface area (Å²) in [4.78, 5) is 4.34. The first-order valence-corrected chi connectivity index (χ1v) is 10.8. The predicted molar refractivity (Wildman–Crippen MR) is 142 cm³/mol. The summed E-state index contributed by atoms with van der Waals surface area (Å²) in [5.74, 6) is 1.24. The fourth-order valence-electron chi connectivity index (χ4n) is 3.58. The molecule has 0 aliphatic heterocycles. The van der Waals surface area contributed by atoms with Crippen LogP contribution in [0, 0.1) is 19.7 Å². The molecule has 3 aromatic rings. The Bertz CT molecular complexity index is 1070. The van der Waals surface area contributed by atoms with Crippen LogP contribution in [0.2, 0.25) is 0 Å². The summed E-state index contributed by atoms with van der Waals surface area (Å²) in [6, 6.07) is 14.5. The zero-order valence-corrected chi connectivity index (χ0v) is 22.2. The Morgan fingerprint density at radius 1 is 1.15 bits per heavy atom. The number of aryl methyl sites for hydroxylation is 2. The Balaban J connectivity index is 0.00000385. The molecule has 0 amide bonds. The van der Waals surface area contributed by atoms with Gasteiger partial charge in [-0.25, -0.2) is 4.39 Å². The molecule has 178 valence electrons. The third kappa shape index (κ3) is 7.73. The summed E-state index contributed by atoms with van der Waals surface area (Å²) in [5, 5.41) is 11.3. The highest BCUT2D eigenvalue weighted by Gasteiger charge is 2.14. The minimum absolute atomic E-state index is 0. The number of aliphatic imine (C=N–C) groups is 1. The summed E-state index contributed by atoms with van der Waals surface area (Å²) in [5.41, 5.74) is 5.45. The fraction of sp³-hybridized carbons (Fsp3) is 0.360. The van der Waals surface area contributed by atoms with Crippen LogP contribution in [0.5, 0.6) is 5.75 Å². The summed E-state index contributed by atoms with van der Waals surface area (Å²) >= 11 is 0. The highest BCUT2D eigenvalue weighted by Crippen LogP contribution is 2.16. The molecule has 1 aromatic heterocycles. The van der Waals surface area contributed by atoms with Crippen molar-refractivity contribution in [3.05, 3.63) is 82.4 Å². The number of rotatable bonds is 8. The maximum absolute atomic E-state index is 13.3. The molecule has 0 bridgehead atoms. The standard InChI is InChI=1S/C25H32FN5O.HI/c1-17(13-24-18(2)30-31(5)19(24)3)29-25(27-4)28-15-20-9-11-23(12-10-20)32-16-21-7-6-8-22(26)14-21;/h6-12,14,17H,13,15-16H2,1-5H3,(H2,27,28,29);1H. The summed E-state index contributed by atoms with van der Waals surface area (Å²) < 4.78 is 20.9. The van der Waals surface area contributed by atoms with Crippen LogP contribution in [-0.2, 0) is 26.6 Å². The van der Waals surface area contributed by atoms with Gasteiger partial charge >= 0.3 is 0 Å². The molecule has 0 fully saturated rings. The van der Waals surface area contributed by atoms with Crippen LogP contribution in [-0.4, -0.2) is 28.8 Å². The molecule has 3 rings (SSSR count). The number of ether oxygens (including phenoxy) is 1. The molecular weight excluding hydrogens is 532 g/mol. The number of hydrogen-bond donors (Lipinski definition) is 2. The largest absolute Gasteiger partial charge is 0.489 e. The van der Waals surface area contributed by atoms with Gasteiger partial charge in [0.15, 0.2) is 5.96 Å². The molecule has 1 heterocycles. The van der Waals surface area contributed by atoms with Gasteiger partial charge < -0.3 is 15.4 Å². The SMILES string of the molecule is CN=C(NCc1ccc(OCc2cccc(F)c2)cc1)NC(C)Cc1c(C)nn(C)c1C.I. The zero-order chi connectivity index (χ0) is 23.1. The van der Waals surface area contributed by atoms with Gasteiger partial charge in [0.1, 0.15) is 18.2 Å². The number of nitrogens with zero attached hydrogens (tertiary/aromatic N) is 3. The first-order valence-electron chi connectivity index (χ1n) is 10.8. The second-order valence-corrected chi connectivity index (χ2v) is 8.01. The third-order valence-electron chi connectivity index (χ3n) is 5.45. The molecule has 1 atom stereocenters. The molecule has 0 aliphatic carbocycles. The Kier molecular flexibility index (Phi) is 10.1. The molecule has 8 heteroatoms. The van der Waals surface area contributed by atoms with Crippen molar-refractivity contribution >= 4 is 29.9 Å². The van der Waals surface area contributed by atoms with Crippen LogP contribution in [0.3, 0.4) is 0 Å². The average Bonchev–Trinajstić information content (AvgIpc) is 3.02. The first kappa shape index (κ1) is 26.6. The maximum Gasteiger partial charge on any atom is 0.191 e. The quantitative estimate of drug-likeness (QED) is 0.237. The lowest BCUT2D eigenvalue weighted by Crippen LogP contribution is -2.42. The fourth-order valence-corrected chi connectivity index (χ4v) is 3.58. The van der Waals surface area contributed by atoms with E-state index in [-0.39, 0.29) is 35.8 Å². The Hall–Kier alpha value is -2.62. The highest BCUT2D eigenvalue weighted by atomic mass is 127. The van der Waals surface area contributed by atoms with Gasteiger partial charge in [0.05, 0.1) is 5.69 Å². The molecule has 1 unspecified atom stereocenters. The van der Waals surface area contributed by atoms with Gasteiger partial charge in [-0.1, -0.05) is 24.3 Å². The van der Waals surface area contributed by atoms with E-state index in [4.69, 9.17) is 4.74 Å². The lowest BCUT2D eigenvalue weighted by molar-refractivity contribution is 0.305. The van der Waals surface area contributed by atoms with Crippen molar-refractivity contribution in [2.45, 2.75) is 46.4 Å².